The van der Waals surface area contributed by atoms with Gasteiger partial charge in [0.05, 0.1) is 24.6 Å². The van der Waals surface area contributed by atoms with Crippen molar-refractivity contribution >= 4 is 11.7 Å². The molecule has 8 aliphatic rings. The summed E-state index contributed by atoms with van der Waals surface area (Å²) in [5, 5.41) is 22.5. The molecular weight excluding hydrogens is 830 g/mol. The number of carbonyl (C=O) groups is 2. The Hall–Kier alpha value is -1.96. The number of hydrogen-bond donors (Lipinski definition) is 2. The van der Waals surface area contributed by atoms with Crippen LogP contribution in [0.5, 0.6) is 0 Å². The Balaban J connectivity index is 0.000000234. The topological polar surface area (TPSA) is 123 Å². The Morgan fingerprint density at radius 2 is 1.19 bits per heavy atom. The van der Waals surface area contributed by atoms with Gasteiger partial charge in [0, 0.05) is 57.8 Å². The zero-order valence-electron chi connectivity index (χ0n) is 42.5. The van der Waals surface area contributed by atoms with E-state index < -0.39 is 11.2 Å². The van der Waals surface area contributed by atoms with Crippen LogP contribution in [0.15, 0.2) is 31.1 Å². The Morgan fingerprint density at radius 3 is 1.60 bits per heavy atom. The smallest absolute Gasteiger partial charge is 0.390 e. The summed E-state index contributed by atoms with van der Waals surface area (Å²) in [4.78, 5) is 39.6. The van der Waals surface area contributed by atoms with E-state index in [0.29, 0.717) is 17.7 Å². The summed E-state index contributed by atoms with van der Waals surface area (Å²) in [5.41, 5.74) is -0.577. The summed E-state index contributed by atoms with van der Waals surface area (Å²) >= 11 is 0. The van der Waals surface area contributed by atoms with Crippen LogP contribution in [-0.2, 0) is 23.7 Å². The molecule has 2 N–H and O–H groups in total. The molecule has 16 atom stereocenters. The van der Waals surface area contributed by atoms with E-state index >= 15 is 0 Å². The second kappa shape index (κ2) is 23.5. The molecule has 1 amide bonds. The molecule has 2 aromatic heterocycles. The average molecular weight is 926 g/mol. The predicted molar refractivity (Wildman–Crippen MR) is 267 cm³/mol. The van der Waals surface area contributed by atoms with Crippen molar-refractivity contribution in [1.29, 1.82) is 0 Å². The minimum Gasteiger partial charge on any atom is -0.390 e. The van der Waals surface area contributed by atoms with Crippen molar-refractivity contribution in [2.24, 2.45) is 95.9 Å². The molecule has 10 rings (SSSR count). The molecular formula is C56H96LiN5O5. The molecule has 0 saturated heterocycles. The molecule has 2 heterocycles. The van der Waals surface area contributed by atoms with Crippen LogP contribution in [0, 0.1) is 88.8 Å². The zero-order valence-corrected chi connectivity index (χ0v) is 42.5. The molecule has 0 aliphatic heterocycles. The number of fused-ring (bicyclic) bond motifs is 10. The van der Waals surface area contributed by atoms with E-state index in [9.17, 15) is 19.8 Å². The molecule has 8 saturated carbocycles. The monoisotopic (exact) mass is 926 g/mol. The number of aryl methyl sites for hydroxylation is 2. The number of unbranched alkanes of at least 4 members (excludes halogenated alkanes) is 1. The maximum Gasteiger partial charge on any atom is 1.00 e. The van der Waals surface area contributed by atoms with Crippen LogP contribution in [0.1, 0.15) is 189 Å². The number of ketones is 1. The third kappa shape index (κ3) is 11.9. The van der Waals surface area contributed by atoms with Gasteiger partial charge in [-0.25, -0.2) is 15.0 Å². The first-order valence-corrected chi connectivity index (χ1v) is 25.9. The normalized spacial score (nSPS) is 40.8. The van der Waals surface area contributed by atoms with Crippen molar-refractivity contribution in [2.45, 2.75) is 189 Å². The van der Waals surface area contributed by atoms with Crippen LogP contribution in [-0.4, -0.2) is 71.4 Å². The number of aliphatic hydroxyl groups is 2. The van der Waals surface area contributed by atoms with Gasteiger partial charge in [0.2, 0.25) is 11.7 Å². The Labute approximate surface area is 420 Å². The summed E-state index contributed by atoms with van der Waals surface area (Å²) in [6.45, 7) is 14.6. The number of aromatic nitrogens is 4. The van der Waals surface area contributed by atoms with Crippen LogP contribution < -0.4 is 18.9 Å². The van der Waals surface area contributed by atoms with Gasteiger partial charge in [-0.2, -0.15) is 6.42 Å². The van der Waals surface area contributed by atoms with E-state index in [1.807, 2.05) is 49.5 Å². The first-order chi connectivity index (χ1) is 30.4. The molecule has 2 aromatic rings. The number of Topliss-reactive ketones (excluding diaryl/α,β-unsaturated/α-hetero) is 1. The molecule has 0 aromatic carbocycles. The van der Waals surface area contributed by atoms with E-state index in [-0.39, 0.29) is 68.1 Å². The molecule has 376 valence electrons. The molecule has 0 unspecified atom stereocenters. The van der Waals surface area contributed by atoms with Gasteiger partial charge in [-0.3, -0.25) is 14.4 Å². The fourth-order valence-electron chi connectivity index (χ4n) is 16.4. The minimum atomic E-state index is -0.440. The molecule has 0 bridgehead atoms. The minimum absolute atomic E-state index is 0. The van der Waals surface area contributed by atoms with Gasteiger partial charge in [-0.1, -0.05) is 42.0 Å². The van der Waals surface area contributed by atoms with E-state index in [0.717, 1.165) is 92.3 Å². The fourth-order valence-corrected chi connectivity index (χ4v) is 16.4. The van der Waals surface area contributed by atoms with Gasteiger partial charge >= 0.3 is 18.9 Å². The van der Waals surface area contributed by atoms with Crippen molar-refractivity contribution in [3.63, 3.8) is 0 Å². The number of nitrogens with zero attached hydrogens (tertiary/aromatic N) is 5. The molecule has 0 spiro atoms. The van der Waals surface area contributed by atoms with Gasteiger partial charge in [0.1, 0.15) is 0 Å². The van der Waals surface area contributed by atoms with Crippen molar-refractivity contribution in [3.8, 4) is 0 Å². The standard InChI is InChI=1S/C24H36N2O2.C22H37NO3.C4H6N2.C4H9.2CH4.Li/c1-23(28)10-8-16-15(14-23)4-5-18-17(16)9-11-24(2)19(18)6-7-20(24)21(27)22-25-12-13-26(22)3;1-21(25)11-9-15-14(13-21)5-6-17-16(15)10-12-22(2)18(17)7-8-19(22)20(24)23(3)26-4;1-6-3-2-5-4-6;1-3-4-2;;;/h12-13,15-20,28H,4-11,14H2,1-3H3;14-19,25H,5-13H2,1-4H3;2-4H,1H3;1,3-4H2,2H3;2*1H4;/q;;;-1;;;+1/t15-,16+,17-,18-,19+,20-,23-,24+;14-,15+,16-,17-,18+,19-,21-,22+;;;;;/m11...../s1. The van der Waals surface area contributed by atoms with Gasteiger partial charge in [0.25, 0.3) is 0 Å². The van der Waals surface area contributed by atoms with Crippen LogP contribution in [0.3, 0.4) is 0 Å². The summed E-state index contributed by atoms with van der Waals surface area (Å²) in [6, 6.07) is 0. The zero-order chi connectivity index (χ0) is 46.2. The van der Waals surface area contributed by atoms with Crippen molar-refractivity contribution in [1.82, 2.24) is 24.2 Å². The molecule has 8 fully saturated rings. The van der Waals surface area contributed by atoms with E-state index in [1.54, 1.807) is 32.9 Å². The SMILES string of the molecule is C.C.CON(C)C(=O)[C@H]1CC[C@H]2[C@@H]3CC[C@@H]4C[C@](C)(O)CC[C@@H]4[C@H]3CC[C@]12C.Cn1ccnc1.Cn1ccnc1C(=O)[C@H]1CC[C@H]2[C@@H]3CC[C@@H]4C[C@](C)(O)CC[C@@H]4[C@H]3CC[C@]12C.[CH2-]CCC.[Li+]. The largest absolute Gasteiger partial charge is 1.00 e. The van der Waals surface area contributed by atoms with Crippen LogP contribution in [0.4, 0.5) is 0 Å². The van der Waals surface area contributed by atoms with Gasteiger partial charge in [0.15, 0.2) is 5.82 Å². The van der Waals surface area contributed by atoms with Gasteiger partial charge < -0.3 is 26.3 Å². The number of hydroxylamine groups is 2. The first kappa shape index (κ1) is 57.6. The number of hydrogen-bond acceptors (Lipinski definition) is 7. The summed E-state index contributed by atoms with van der Waals surface area (Å²) < 4.78 is 3.78. The van der Waals surface area contributed by atoms with Crippen molar-refractivity contribution in [2.75, 3.05) is 14.2 Å². The number of amides is 1. The maximum atomic E-state index is 13.3. The van der Waals surface area contributed by atoms with Crippen LogP contribution >= 0.6 is 0 Å². The summed E-state index contributed by atoms with van der Waals surface area (Å²) in [6.07, 6.45) is 32.3. The third-order valence-electron chi connectivity index (χ3n) is 19.7. The Morgan fingerprint density at radius 1 is 0.716 bits per heavy atom. The van der Waals surface area contributed by atoms with Crippen LogP contribution in [0.2, 0.25) is 0 Å². The second-order valence-corrected chi connectivity index (χ2v) is 23.5. The van der Waals surface area contributed by atoms with Crippen LogP contribution in [0.25, 0.3) is 0 Å². The molecule has 67 heavy (non-hydrogen) atoms. The number of carbonyl (C=O) groups excluding carboxylic acids is 2. The molecule has 11 heteroatoms. The maximum absolute atomic E-state index is 13.3. The molecule has 0 radical (unpaired) electrons. The quantitative estimate of drug-likeness (QED) is 0.133. The van der Waals surface area contributed by atoms with Crippen molar-refractivity contribution < 1.29 is 43.5 Å². The summed E-state index contributed by atoms with van der Waals surface area (Å²) in [5.74, 6) is 9.09. The van der Waals surface area contributed by atoms with E-state index in [1.165, 1.54) is 88.5 Å². The van der Waals surface area contributed by atoms with E-state index in [2.05, 4.69) is 37.7 Å². The number of rotatable bonds is 5. The fraction of sp³-hybridized carbons (Fsp3) is 0.839. The van der Waals surface area contributed by atoms with Gasteiger partial charge in [-0.05, 0) is 199 Å². The first-order valence-electron chi connectivity index (χ1n) is 25.9. The molecule has 8 aliphatic carbocycles. The Bertz CT molecular complexity index is 1850. The van der Waals surface area contributed by atoms with Gasteiger partial charge in [-0.15, -0.1) is 0 Å². The predicted octanol–water partition coefficient (Wildman–Crippen LogP) is 8.97. The third-order valence-corrected chi connectivity index (χ3v) is 19.7. The van der Waals surface area contributed by atoms with Crippen molar-refractivity contribution in [3.05, 3.63) is 43.9 Å². The molecule has 10 nitrogen and oxygen atoms in total. The summed E-state index contributed by atoms with van der Waals surface area (Å²) in [7, 11) is 7.21. The van der Waals surface area contributed by atoms with E-state index in [4.69, 9.17) is 4.84 Å². The Kier molecular flexibility index (Phi) is 20.2. The number of imidazole rings is 2. The average Bonchev–Trinajstić information content (AvgIpc) is 4.08. The second-order valence-electron chi connectivity index (χ2n) is 23.5.